The molecular weight excluding hydrogens is 232 g/mol. The monoisotopic (exact) mass is 254 g/mol. The van der Waals surface area contributed by atoms with Crippen LogP contribution >= 0.6 is 0 Å². The number of hydrogen-bond acceptors (Lipinski definition) is 5. The van der Waals surface area contributed by atoms with Crippen LogP contribution < -0.4 is 5.32 Å². The molecule has 6 nitrogen and oxygen atoms in total. The van der Waals surface area contributed by atoms with Gasteiger partial charge in [-0.1, -0.05) is 19.0 Å². The average Bonchev–Trinajstić information content (AvgIpc) is 2.81. The van der Waals surface area contributed by atoms with Crippen LogP contribution in [0.3, 0.4) is 0 Å². The molecule has 0 radical (unpaired) electrons. The Kier molecular flexibility index (Phi) is 5.77. The number of carbonyl (C=O) groups is 1. The van der Waals surface area contributed by atoms with Gasteiger partial charge in [0.15, 0.2) is 5.82 Å². The molecule has 1 aromatic rings. The Morgan fingerprint density at radius 1 is 1.50 bits per heavy atom. The number of hydrogen-bond donors (Lipinski definition) is 1. The highest BCUT2D eigenvalue weighted by atomic mass is 16.5. The van der Waals surface area contributed by atoms with Crippen molar-refractivity contribution in [2.75, 3.05) is 27.2 Å². The summed E-state index contributed by atoms with van der Waals surface area (Å²) >= 11 is 0. The molecule has 1 rings (SSSR count). The molecule has 1 amide bonds. The smallest absolute Gasteiger partial charge is 0.227 e. The first-order chi connectivity index (χ1) is 8.54. The molecule has 0 aliphatic carbocycles. The summed E-state index contributed by atoms with van der Waals surface area (Å²) < 4.78 is 5.09. The largest absolute Gasteiger partial charge is 0.344 e. The fourth-order valence-electron chi connectivity index (χ4n) is 1.41. The highest BCUT2D eigenvalue weighted by Gasteiger charge is 2.13. The van der Waals surface area contributed by atoms with Gasteiger partial charge in [-0.2, -0.15) is 4.98 Å². The van der Waals surface area contributed by atoms with E-state index in [9.17, 15) is 4.79 Å². The van der Waals surface area contributed by atoms with Crippen LogP contribution in [-0.4, -0.2) is 48.1 Å². The molecule has 1 aromatic heterocycles. The van der Waals surface area contributed by atoms with Crippen LogP contribution in [0.4, 0.5) is 0 Å². The molecule has 0 spiro atoms. The molecule has 1 heterocycles. The third kappa shape index (κ3) is 4.44. The molecule has 6 heteroatoms. The predicted octanol–water partition coefficient (Wildman–Crippen LogP) is 0.803. The van der Waals surface area contributed by atoms with Crippen LogP contribution in [0.25, 0.3) is 0 Å². The minimum absolute atomic E-state index is 0.0922. The van der Waals surface area contributed by atoms with Gasteiger partial charge in [0, 0.05) is 38.9 Å². The van der Waals surface area contributed by atoms with Crippen molar-refractivity contribution in [3.63, 3.8) is 0 Å². The summed E-state index contributed by atoms with van der Waals surface area (Å²) in [6.07, 6.45) is 0.905. The zero-order valence-corrected chi connectivity index (χ0v) is 11.6. The second-order valence-electron chi connectivity index (χ2n) is 4.62. The molecule has 0 aliphatic heterocycles. The summed E-state index contributed by atoms with van der Waals surface area (Å²) in [6.45, 7) is 5.51. The molecule has 0 saturated carbocycles. The number of aromatic nitrogens is 2. The van der Waals surface area contributed by atoms with E-state index < -0.39 is 0 Å². The maximum atomic E-state index is 11.8. The number of carbonyl (C=O) groups excluding carboxylic acids is 1. The van der Waals surface area contributed by atoms with E-state index in [0.29, 0.717) is 31.1 Å². The van der Waals surface area contributed by atoms with Crippen molar-refractivity contribution in [2.24, 2.45) is 0 Å². The van der Waals surface area contributed by atoms with Crippen LogP contribution in [0.2, 0.25) is 0 Å². The number of nitrogens with zero attached hydrogens (tertiary/aromatic N) is 3. The van der Waals surface area contributed by atoms with E-state index in [1.54, 1.807) is 11.9 Å². The molecule has 0 bridgehead atoms. The molecule has 0 aromatic carbocycles. The average molecular weight is 254 g/mol. The van der Waals surface area contributed by atoms with Gasteiger partial charge in [-0.15, -0.1) is 0 Å². The van der Waals surface area contributed by atoms with E-state index >= 15 is 0 Å². The van der Waals surface area contributed by atoms with Crippen LogP contribution in [0.15, 0.2) is 4.52 Å². The Balaban J connectivity index is 2.37. The predicted molar refractivity (Wildman–Crippen MR) is 68.3 cm³/mol. The van der Waals surface area contributed by atoms with Gasteiger partial charge >= 0.3 is 0 Å². The first-order valence-corrected chi connectivity index (χ1v) is 6.25. The molecule has 0 fully saturated rings. The summed E-state index contributed by atoms with van der Waals surface area (Å²) in [5, 5.41) is 6.88. The second kappa shape index (κ2) is 7.10. The van der Waals surface area contributed by atoms with Crippen molar-refractivity contribution in [1.82, 2.24) is 20.4 Å². The lowest BCUT2D eigenvalue weighted by Crippen LogP contribution is -2.32. The highest BCUT2D eigenvalue weighted by Crippen LogP contribution is 2.10. The number of aryl methyl sites for hydroxylation is 1. The summed E-state index contributed by atoms with van der Waals surface area (Å²) in [5.74, 6) is 1.57. The number of rotatable bonds is 7. The van der Waals surface area contributed by atoms with Crippen LogP contribution in [0, 0.1) is 0 Å². The first-order valence-electron chi connectivity index (χ1n) is 6.25. The van der Waals surface area contributed by atoms with Crippen molar-refractivity contribution in [3.8, 4) is 0 Å². The maximum absolute atomic E-state index is 11.8. The summed E-state index contributed by atoms with van der Waals surface area (Å²) in [7, 11) is 3.66. The quantitative estimate of drug-likeness (QED) is 0.779. The lowest BCUT2D eigenvalue weighted by Gasteiger charge is -2.16. The standard InChI is InChI=1S/C12H22N4O2/c1-9(2)12-14-10(18-15-12)5-6-11(17)16(4)8-7-13-3/h9,13H,5-8H2,1-4H3. The van der Waals surface area contributed by atoms with Gasteiger partial charge in [0.25, 0.3) is 0 Å². The highest BCUT2D eigenvalue weighted by molar-refractivity contribution is 5.75. The van der Waals surface area contributed by atoms with Crippen molar-refractivity contribution in [3.05, 3.63) is 11.7 Å². The minimum Gasteiger partial charge on any atom is -0.344 e. The van der Waals surface area contributed by atoms with Crippen molar-refractivity contribution >= 4 is 5.91 Å². The normalized spacial score (nSPS) is 10.9. The summed E-state index contributed by atoms with van der Waals surface area (Å²) in [5.41, 5.74) is 0. The second-order valence-corrected chi connectivity index (χ2v) is 4.62. The summed E-state index contributed by atoms with van der Waals surface area (Å²) in [6, 6.07) is 0. The Morgan fingerprint density at radius 2 is 2.22 bits per heavy atom. The minimum atomic E-state index is 0.0922. The molecule has 1 N–H and O–H groups in total. The molecule has 0 atom stereocenters. The third-order valence-corrected chi connectivity index (χ3v) is 2.68. The molecular formula is C12H22N4O2. The third-order valence-electron chi connectivity index (χ3n) is 2.68. The summed E-state index contributed by atoms with van der Waals surface area (Å²) in [4.78, 5) is 17.7. The van der Waals surface area contributed by atoms with E-state index in [1.807, 2.05) is 20.9 Å². The molecule has 102 valence electrons. The van der Waals surface area contributed by atoms with Gasteiger partial charge in [0.05, 0.1) is 0 Å². The number of likely N-dealkylation sites (N-methyl/N-ethyl adjacent to an activating group) is 2. The number of nitrogens with one attached hydrogen (secondary N) is 1. The molecule has 0 unspecified atom stereocenters. The van der Waals surface area contributed by atoms with Gasteiger partial charge in [-0.3, -0.25) is 4.79 Å². The van der Waals surface area contributed by atoms with E-state index in [2.05, 4.69) is 15.5 Å². The van der Waals surface area contributed by atoms with Crippen molar-refractivity contribution in [2.45, 2.75) is 32.6 Å². The Labute approximate surface area is 108 Å². The Bertz CT molecular complexity index is 376. The van der Waals surface area contributed by atoms with Gasteiger partial charge in [-0.05, 0) is 7.05 Å². The van der Waals surface area contributed by atoms with Crippen LogP contribution in [-0.2, 0) is 11.2 Å². The van der Waals surface area contributed by atoms with Crippen LogP contribution in [0.1, 0.15) is 37.9 Å². The van der Waals surface area contributed by atoms with Crippen molar-refractivity contribution < 1.29 is 9.32 Å². The van der Waals surface area contributed by atoms with Gasteiger partial charge in [0.1, 0.15) is 0 Å². The lowest BCUT2D eigenvalue weighted by atomic mass is 10.2. The SMILES string of the molecule is CNCCN(C)C(=O)CCc1nc(C(C)C)no1. The topological polar surface area (TPSA) is 71.3 Å². The zero-order valence-electron chi connectivity index (χ0n) is 11.6. The fourth-order valence-corrected chi connectivity index (χ4v) is 1.41. The van der Waals surface area contributed by atoms with Gasteiger partial charge < -0.3 is 14.7 Å². The fraction of sp³-hybridized carbons (Fsp3) is 0.750. The maximum Gasteiger partial charge on any atom is 0.227 e. The van der Waals surface area contributed by atoms with E-state index in [-0.39, 0.29) is 11.8 Å². The number of amides is 1. The molecule has 18 heavy (non-hydrogen) atoms. The zero-order chi connectivity index (χ0) is 13.5. The van der Waals surface area contributed by atoms with Crippen LogP contribution in [0.5, 0.6) is 0 Å². The van der Waals surface area contributed by atoms with E-state index in [0.717, 1.165) is 6.54 Å². The van der Waals surface area contributed by atoms with Gasteiger partial charge in [-0.25, -0.2) is 0 Å². The first kappa shape index (κ1) is 14.6. The van der Waals surface area contributed by atoms with E-state index in [1.165, 1.54) is 0 Å². The lowest BCUT2D eigenvalue weighted by molar-refractivity contribution is -0.129. The Morgan fingerprint density at radius 3 is 2.78 bits per heavy atom. The van der Waals surface area contributed by atoms with E-state index in [4.69, 9.17) is 4.52 Å². The van der Waals surface area contributed by atoms with Crippen molar-refractivity contribution in [1.29, 1.82) is 0 Å². The molecule has 0 saturated heterocycles. The van der Waals surface area contributed by atoms with Gasteiger partial charge in [0.2, 0.25) is 11.8 Å². The molecule has 0 aliphatic rings. The Hall–Kier alpha value is -1.43.